The molecule has 19 heavy (non-hydrogen) atoms. The third kappa shape index (κ3) is 4.04. The van der Waals surface area contributed by atoms with Gasteiger partial charge in [0.2, 0.25) is 5.91 Å². The Morgan fingerprint density at radius 2 is 1.89 bits per heavy atom. The minimum atomic E-state index is -0.506. The van der Waals surface area contributed by atoms with E-state index in [9.17, 15) is 9.18 Å². The third-order valence-corrected chi connectivity index (χ3v) is 3.24. The first-order valence-corrected chi connectivity index (χ1v) is 6.71. The van der Waals surface area contributed by atoms with Gasteiger partial charge in [-0.1, -0.05) is 39.7 Å². The van der Waals surface area contributed by atoms with Crippen LogP contribution in [0.3, 0.4) is 0 Å². The van der Waals surface area contributed by atoms with Crippen LogP contribution in [0.5, 0.6) is 0 Å². The van der Waals surface area contributed by atoms with Crippen LogP contribution in [0.2, 0.25) is 5.02 Å². The maximum atomic E-state index is 13.4. The molecule has 1 N–H and O–H groups in total. The molecule has 2 aromatic carbocycles. The Morgan fingerprint density at radius 1 is 1.21 bits per heavy atom. The van der Waals surface area contributed by atoms with Crippen molar-refractivity contribution in [2.45, 2.75) is 6.42 Å². The first-order valence-electron chi connectivity index (χ1n) is 5.54. The quantitative estimate of drug-likeness (QED) is 0.879. The number of carbonyl (C=O) groups excluding carboxylic acids is 1. The van der Waals surface area contributed by atoms with Gasteiger partial charge in [0.1, 0.15) is 5.82 Å². The van der Waals surface area contributed by atoms with E-state index in [1.54, 1.807) is 0 Å². The maximum Gasteiger partial charge on any atom is 0.228 e. The number of halogens is 3. The number of rotatable bonds is 3. The van der Waals surface area contributed by atoms with Gasteiger partial charge in [-0.2, -0.15) is 0 Å². The number of amides is 1. The molecule has 0 aliphatic rings. The molecule has 0 saturated carbocycles. The van der Waals surface area contributed by atoms with Gasteiger partial charge in [0.25, 0.3) is 0 Å². The summed E-state index contributed by atoms with van der Waals surface area (Å²) in [6.45, 7) is 0. The fraction of sp³-hybridized carbons (Fsp3) is 0.0714. The van der Waals surface area contributed by atoms with E-state index in [2.05, 4.69) is 21.2 Å². The molecule has 0 aromatic heterocycles. The number of anilines is 1. The van der Waals surface area contributed by atoms with Crippen LogP contribution < -0.4 is 5.32 Å². The van der Waals surface area contributed by atoms with Crippen molar-refractivity contribution in [2.75, 3.05) is 5.32 Å². The highest BCUT2D eigenvalue weighted by atomic mass is 79.9. The van der Waals surface area contributed by atoms with E-state index in [-0.39, 0.29) is 18.0 Å². The van der Waals surface area contributed by atoms with Gasteiger partial charge in [0, 0.05) is 9.50 Å². The summed E-state index contributed by atoms with van der Waals surface area (Å²) < 4.78 is 14.4. The Kier molecular flexibility index (Phi) is 4.56. The van der Waals surface area contributed by atoms with Gasteiger partial charge in [-0.25, -0.2) is 4.39 Å². The number of benzene rings is 2. The molecule has 0 saturated heterocycles. The van der Waals surface area contributed by atoms with E-state index in [0.29, 0.717) is 5.02 Å². The number of hydrogen-bond acceptors (Lipinski definition) is 1. The molecule has 0 spiro atoms. The molecule has 2 nitrogen and oxygen atoms in total. The molecule has 0 aliphatic carbocycles. The van der Waals surface area contributed by atoms with E-state index >= 15 is 0 Å². The fourth-order valence-corrected chi connectivity index (χ4v) is 2.01. The van der Waals surface area contributed by atoms with E-state index < -0.39 is 5.82 Å². The molecule has 2 rings (SSSR count). The van der Waals surface area contributed by atoms with Crippen molar-refractivity contribution in [1.82, 2.24) is 0 Å². The molecule has 0 aliphatic heterocycles. The fourth-order valence-electron chi connectivity index (χ4n) is 1.58. The lowest BCUT2D eigenvalue weighted by molar-refractivity contribution is -0.115. The molecule has 0 heterocycles. The van der Waals surface area contributed by atoms with Crippen molar-refractivity contribution < 1.29 is 9.18 Å². The lowest BCUT2D eigenvalue weighted by Gasteiger charge is -2.07. The summed E-state index contributed by atoms with van der Waals surface area (Å²) >= 11 is 9.07. The molecule has 0 fully saturated rings. The molecule has 1 amide bonds. The second kappa shape index (κ2) is 6.17. The molecule has 0 atom stereocenters. The average Bonchev–Trinajstić information content (AvgIpc) is 2.37. The SMILES string of the molecule is O=C(Cc1ccc(Br)cc1)Nc1cc(Cl)ccc1F. The van der Waals surface area contributed by atoms with Gasteiger partial charge in [-0.3, -0.25) is 4.79 Å². The van der Waals surface area contributed by atoms with Crippen molar-refractivity contribution in [1.29, 1.82) is 0 Å². The highest BCUT2D eigenvalue weighted by Crippen LogP contribution is 2.20. The summed E-state index contributed by atoms with van der Waals surface area (Å²) in [5.74, 6) is -0.794. The molecule has 5 heteroatoms. The Labute approximate surface area is 123 Å². The van der Waals surface area contributed by atoms with Crippen molar-refractivity contribution in [2.24, 2.45) is 0 Å². The molecule has 0 radical (unpaired) electrons. The third-order valence-electron chi connectivity index (χ3n) is 2.48. The minimum Gasteiger partial charge on any atom is -0.323 e. The topological polar surface area (TPSA) is 29.1 Å². The maximum absolute atomic E-state index is 13.4. The van der Waals surface area contributed by atoms with Gasteiger partial charge in [-0.15, -0.1) is 0 Å². The summed E-state index contributed by atoms with van der Waals surface area (Å²) in [7, 11) is 0. The number of hydrogen-bond donors (Lipinski definition) is 1. The van der Waals surface area contributed by atoms with Gasteiger partial charge in [0.05, 0.1) is 12.1 Å². The van der Waals surface area contributed by atoms with E-state index in [4.69, 9.17) is 11.6 Å². The zero-order chi connectivity index (χ0) is 13.8. The second-order valence-corrected chi connectivity index (χ2v) is 5.33. The van der Waals surface area contributed by atoms with Crippen LogP contribution in [0.25, 0.3) is 0 Å². The minimum absolute atomic E-state index is 0.0922. The molecular formula is C14H10BrClFNO. The van der Waals surface area contributed by atoms with Gasteiger partial charge >= 0.3 is 0 Å². The summed E-state index contributed by atoms with van der Waals surface area (Å²) in [6.07, 6.45) is 0.180. The van der Waals surface area contributed by atoms with Gasteiger partial charge in [0.15, 0.2) is 0 Å². The average molecular weight is 343 g/mol. The normalized spacial score (nSPS) is 10.3. The van der Waals surface area contributed by atoms with E-state index in [0.717, 1.165) is 10.0 Å². The van der Waals surface area contributed by atoms with Crippen molar-refractivity contribution in [3.63, 3.8) is 0 Å². The predicted octanol–water partition coefficient (Wildman–Crippen LogP) is 4.42. The van der Waals surface area contributed by atoms with Crippen molar-refractivity contribution >= 4 is 39.1 Å². The molecule has 98 valence electrons. The van der Waals surface area contributed by atoms with Crippen molar-refractivity contribution in [3.8, 4) is 0 Å². The summed E-state index contributed by atoms with van der Waals surface area (Å²) in [5, 5.41) is 2.88. The zero-order valence-electron chi connectivity index (χ0n) is 9.79. The van der Waals surface area contributed by atoms with Crippen LogP contribution in [0, 0.1) is 5.82 Å². The zero-order valence-corrected chi connectivity index (χ0v) is 12.1. The molecule has 0 unspecified atom stereocenters. The second-order valence-electron chi connectivity index (χ2n) is 3.98. The summed E-state index contributed by atoms with van der Waals surface area (Å²) in [6, 6.07) is 11.4. The Bertz CT molecular complexity index is 601. The Balaban J connectivity index is 2.05. The highest BCUT2D eigenvalue weighted by Gasteiger charge is 2.08. The van der Waals surface area contributed by atoms with E-state index in [1.807, 2.05) is 24.3 Å². The van der Waals surface area contributed by atoms with Crippen LogP contribution >= 0.6 is 27.5 Å². The van der Waals surface area contributed by atoms with Crippen LogP contribution in [0.1, 0.15) is 5.56 Å². The lowest BCUT2D eigenvalue weighted by Crippen LogP contribution is -2.15. The Morgan fingerprint density at radius 3 is 2.58 bits per heavy atom. The largest absolute Gasteiger partial charge is 0.323 e. The van der Waals surface area contributed by atoms with Gasteiger partial charge < -0.3 is 5.32 Å². The smallest absolute Gasteiger partial charge is 0.228 e. The van der Waals surface area contributed by atoms with Crippen LogP contribution in [0.15, 0.2) is 46.9 Å². The van der Waals surface area contributed by atoms with Gasteiger partial charge in [-0.05, 0) is 35.9 Å². The monoisotopic (exact) mass is 341 g/mol. The lowest BCUT2D eigenvalue weighted by atomic mass is 10.1. The number of nitrogens with one attached hydrogen (secondary N) is 1. The van der Waals surface area contributed by atoms with Crippen LogP contribution in [-0.2, 0) is 11.2 Å². The number of carbonyl (C=O) groups is 1. The molecule has 0 bridgehead atoms. The standard InChI is InChI=1S/C14H10BrClFNO/c15-10-3-1-9(2-4-10)7-14(19)18-13-8-11(16)5-6-12(13)17/h1-6,8H,7H2,(H,18,19). The van der Waals surface area contributed by atoms with Crippen LogP contribution in [-0.4, -0.2) is 5.91 Å². The first-order chi connectivity index (χ1) is 9.04. The summed E-state index contributed by atoms with van der Waals surface area (Å²) in [4.78, 5) is 11.8. The van der Waals surface area contributed by atoms with E-state index in [1.165, 1.54) is 18.2 Å². The predicted molar refractivity (Wildman–Crippen MR) is 77.9 cm³/mol. The summed E-state index contributed by atoms with van der Waals surface area (Å²) in [5.41, 5.74) is 0.942. The molecular weight excluding hydrogens is 333 g/mol. The molecule has 2 aromatic rings. The Hall–Kier alpha value is -1.39. The first kappa shape index (κ1) is 14.0. The van der Waals surface area contributed by atoms with Crippen LogP contribution in [0.4, 0.5) is 10.1 Å². The van der Waals surface area contributed by atoms with Crippen molar-refractivity contribution in [3.05, 3.63) is 63.3 Å². The highest BCUT2D eigenvalue weighted by molar-refractivity contribution is 9.10.